The van der Waals surface area contributed by atoms with Gasteiger partial charge in [-0.05, 0) is 19.3 Å². The van der Waals surface area contributed by atoms with Crippen molar-refractivity contribution in [3.8, 4) is 0 Å². The van der Waals surface area contributed by atoms with E-state index in [1.807, 2.05) is 27.7 Å². The highest BCUT2D eigenvalue weighted by Crippen LogP contribution is 2.27. The molecular formula is C9H16O2. The molecule has 0 spiro atoms. The van der Waals surface area contributed by atoms with Gasteiger partial charge < -0.3 is 5.11 Å². The van der Waals surface area contributed by atoms with Crippen molar-refractivity contribution in [2.24, 2.45) is 5.41 Å². The second-order valence-electron chi connectivity index (χ2n) is 3.81. The summed E-state index contributed by atoms with van der Waals surface area (Å²) in [6.07, 6.45) is 0. The first-order valence-corrected chi connectivity index (χ1v) is 3.68. The summed E-state index contributed by atoms with van der Waals surface area (Å²) >= 11 is 0. The molecule has 0 aromatic heterocycles. The molecule has 2 heteroatoms. The zero-order chi connectivity index (χ0) is 9.23. The first-order valence-electron chi connectivity index (χ1n) is 3.68. The lowest BCUT2D eigenvalue weighted by Gasteiger charge is -2.20. The Morgan fingerprint density at radius 2 is 1.55 bits per heavy atom. The Balaban J connectivity index is 4.82. The average Bonchev–Trinajstić information content (AvgIpc) is 1.82. The number of aliphatic carboxylic acids is 1. The maximum absolute atomic E-state index is 10.5. The number of carboxylic acid groups (broad SMARTS) is 1. The molecule has 0 unspecified atom stereocenters. The van der Waals surface area contributed by atoms with E-state index < -0.39 is 5.97 Å². The first-order chi connectivity index (χ1) is 4.76. The molecule has 1 N–H and O–H groups in total. The Labute approximate surface area is 67.9 Å². The Bertz CT molecular complexity index is 194. The number of hydrogen-bond donors (Lipinski definition) is 1. The highest BCUT2D eigenvalue weighted by molar-refractivity contribution is 5.86. The quantitative estimate of drug-likeness (QED) is 0.592. The summed E-state index contributed by atoms with van der Waals surface area (Å²) in [6, 6.07) is 0. The monoisotopic (exact) mass is 156 g/mol. The van der Waals surface area contributed by atoms with Crippen LogP contribution in [0.1, 0.15) is 34.6 Å². The number of rotatable bonds is 1. The van der Waals surface area contributed by atoms with Crippen LogP contribution in [-0.4, -0.2) is 11.1 Å². The predicted molar refractivity (Wildman–Crippen MR) is 45.5 cm³/mol. The van der Waals surface area contributed by atoms with Gasteiger partial charge >= 0.3 is 5.97 Å². The molecule has 2 nitrogen and oxygen atoms in total. The van der Waals surface area contributed by atoms with Gasteiger partial charge in [0.2, 0.25) is 0 Å². The lowest BCUT2D eigenvalue weighted by atomic mass is 9.85. The molecule has 0 rings (SSSR count). The van der Waals surface area contributed by atoms with Crippen LogP contribution < -0.4 is 0 Å². The van der Waals surface area contributed by atoms with Crippen molar-refractivity contribution in [2.75, 3.05) is 0 Å². The second-order valence-corrected chi connectivity index (χ2v) is 3.81. The minimum atomic E-state index is -0.822. The van der Waals surface area contributed by atoms with Gasteiger partial charge in [0.15, 0.2) is 0 Å². The van der Waals surface area contributed by atoms with Crippen LogP contribution in [0.15, 0.2) is 11.1 Å². The van der Waals surface area contributed by atoms with Crippen LogP contribution in [0.25, 0.3) is 0 Å². The van der Waals surface area contributed by atoms with Crippen molar-refractivity contribution < 1.29 is 9.90 Å². The molecule has 0 fully saturated rings. The average molecular weight is 156 g/mol. The van der Waals surface area contributed by atoms with Gasteiger partial charge in [0.25, 0.3) is 0 Å². The van der Waals surface area contributed by atoms with E-state index in [1.165, 1.54) is 0 Å². The number of carboxylic acids is 1. The number of hydrogen-bond acceptors (Lipinski definition) is 1. The zero-order valence-corrected chi connectivity index (χ0v) is 7.86. The van der Waals surface area contributed by atoms with E-state index in [2.05, 4.69) is 0 Å². The minimum absolute atomic E-state index is 0.0392. The molecule has 0 saturated carbocycles. The van der Waals surface area contributed by atoms with E-state index in [9.17, 15) is 4.79 Å². The summed E-state index contributed by atoms with van der Waals surface area (Å²) < 4.78 is 0. The molecular weight excluding hydrogens is 140 g/mol. The van der Waals surface area contributed by atoms with Gasteiger partial charge in [-0.2, -0.15) is 0 Å². The highest BCUT2D eigenvalue weighted by Gasteiger charge is 2.17. The van der Waals surface area contributed by atoms with Gasteiger partial charge in [-0.3, -0.25) is 0 Å². The van der Waals surface area contributed by atoms with Gasteiger partial charge in [0.1, 0.15) is 0 Å². The molecule has 0 aliphatic rings. The van der Waals surface area contributed by atoms with Gasteiger partial charge in [-0.15, -0.1) is 0 Å². The zero-order valence-electron chi connectivity index (χ0n) is 7.86. The molecule has 0 heterocycles. The Morgan fingerprint density at radius 3 is 1.64 bits per heavy atom. The Hall–Kier alpha value is -0.790. The van der Waals surface area contributed by atoms with E-state index in [-0.39, 0.29) is 5.41 Å². The summed E-state index contributed by atoms with van der Waals surface area (Å²) in [7, 11) is 0. The molecule has 0 aromatic carbocycles. The lowest BCUT2D eigenvalue weighted by molar-refractivity contribution is -0.132. The summed E-state index contributed by atoms with van der Waals surface area (Å²) in [4.78, 5) is 10.5. The van der Waals surface area contributed by atoms with Crippen LogP contribution in [0.4, 0.5) is 0 Å². The fraction of sp³-hybridized carbons (Fsp3) is 0.667. The summed E-state index contributed by atoms with van der Waals surface area (Å²) in [5.41, 5.74) is 1.35. The maximum atomic E-state index is 10.5. The highest BCUT2D eigenvalue weighted by atomic mass is 16.4. The van der Waals surface area contributed by atoms with E-state index in [1.54, 1.807) is 6.92 Å². The van der Waals surface area contributed by atoms with E-state index in [4.69, 9.17) is 5.11 Å². The molecule has 0 aromatic rings. The molecule has 0 aliphatic carbocycles. The Morgan fingerprint density at radius 1 is 1.18 bits per heavy atom. The van der Waals surface area contributed by atoms with E-state index in [0.717, 1.165) is 5.57 Å². The third kappa shape index (κ3) is 2.74. The fourth-order valence-electron chi connectivity index (χ4n) is 0.723. The van der Waals surface area contributed by atoms with Crippen molar-refractivity contribution >= 4 is 5.97 Å². The molecule has 0 radical (unpaired) electrons. The molecule has 0 aliphatic heterocycles. The van der Waals surface area contributed by atoms with Crippen molar-refractivity contribution in [3.05, 3.63) is 11.1 Å². The number of allylic oxidation sites excluding steroid dienone is 1. The van der Waals surface area contributed by atoms with Crippen molar-refractivity contribution in [3.63, 3.8) is 0 Å². The molecule has 0 saturated heterocycles. The van der Waals surface area contributed by atoms with Crippen molar-refractivity contribution in [1.29, 1.82) is 0 Å². The van der Waals surface area contributed by atoms with Gasteiger partial charge in [0, 0.05) is 5.57 Å². The third-order valence-corrected chi connectivity index (χ3v) is 2.01. The van der Waals surface area contributed by atoms with Crippen LogP contribution in [0.3, 0.4) is 0 Å². The van der Waals surface area contributed by atoms with Crippen molar-refractivity contribution in [2.45, 2.75) is 34.6 Å². The van der Waals surface area contributed by atoms with Crippen LogP contribution in [0.5, 0.6) is 0 Å². The van der Waals surface area contributed by atoms with E-state index in [0.29, 0.717) is 5.57 Å². The van der Waals surface area contributed by atoms with Gasteiger partial charge in [-0.1, -0.05) is 26.3 Å². The smallest absolute Gasteiger partial charge is 0.331 e. The molecule has 0 atom stereocenters. The van der Waals surface area contributed by atoms with Crippen LogP contribution in [0.2, 0.25) is 0 Å². The number of carbonyl (C=O) groups is 1. The molecule has 11 heavy (non-hydrogen) atoms. The largest absolute Gasteiger partial charge is 0.478 e. The standard InChI is InChI=1S/C9H16O2/c1-6(8(10)11)7(2)9(3,4)5/h1-5H3,(H,10,11)/b7-6-. The summed E-state index contributed by atoms with van der Waals surface area (Å²) in [5.74, 6) is -0.822. The lowest BCUT2D eigenvalue weighted by Crippen LogP contribution is -2.12. The predicted octanol–water partition coefficient (Wildman–Crippen LogP) is 2.45. The minimum Gasteiger partial charge on any atom is -0.478 e. The molecule has 64 valence electrons. The van der Waals surface area contributed by atoms with E-state index >= 15 is 0 Å². The molecule has 0 amide bonds. The summed E-state index contributed by atoms with van der Waals surface area (Å²) in [5, 5.41) is 8.66. The van der Waals surface area contributed by atoms with Crippen molar-refractivity contribution in [1.82, 2.24) is 0 Å². The van der Waals surface area contributed by atoms with Gasteiger partial charge in [-0.25, -0.2) is 4.79 Å². The molecule has 0 bridgehead atoms. The normalized spacial score (nSPS) is 14.3. The second kappa shape index (κ2) is 3.07. The summed E-state index contributed by atoms with van der Waals surface area (Å²) in [6.45, 7) is 9.53. The first kappa shape index (κ1) is 10.2. The van der Waals surface area contributed by atoms with Crippen LogP contribution in [0, 0.1) is 5.41 Å². The van der Waals surface area contributed by atoms with Gasteiger partial charge in [0.05, 0.1) is 0 Å². The third-order valence-electron chi connectivity index (χ3n) is 2.01. The maximum Gasteiger partial charge on any atom is 0.331 e. The Kier molecular flexibility index (Phi) is 2.85. The SMILES string of the molecule is C/C(C(=O)O)=C(\C)C(C)(C)C. The topological polar surface area (TPSA) is 37.3 Å². The van der Waals surface area contributed by atoms with Crippen LogP contribution in [-0.2, 0) is 4.79 Å². The van der Waals surface area contributed by atoms with Crippen LogP contribution >= 0.6 is 0 Å². The fourth-order valence-corrected chi connectivity index (χ4v) is 0.723.